The van der Waals surface area contributed by atoms with Crippen molar-refractivity contribution in [2.24, 2.45) is 23.2 Å². The van der Waals surface area contributed by atoms with Crippen molar-refractivity contribution in [2.45, 2.75) is 32.8 Å². The zero-order valence-corrected chi connectivity index (χ0v) is 9.90. The number of methoxy groups -OCH3 is 1. The number of ether oxygens (including phenoxy) is 2. The Morgan fingerprint density at radius 2 is 2.07 bits per heavy atom. The molecule has 0 aromatic heterocycles. The maximum Gasteiger partial charge on any atom is 0.146 e. The van der Waals surface area contributed by atoms with E-state index in [0.717, 1.165) is 12.3 Å². The van der Waals surface area contributed by atoms with E-state index < -0.39 is 0 Å². The maximum absolute atomic E-state index is 9.98. The van der Waals surface area contributed by atoms with Gasteiger partial charge in [0.15, 0.2) is 0 Å². The molecule has 0 spiro atoms. The Morgan fingerprint density at radius 1 is 1.33 bits per heavy atom. The Hall–Kier alpha value is -0.120. The first-order chi connectivity index (χ1) is 7.07. The van der Waals surface area contributed by atoms with Crippen molar-refractivity contribution >= 4 is 0 Å². The van der Waals surface area contributed by atoms with E-state index in [9.17, 15) is 5.11 Å². The van der Waals surface area contributed by atoms with Gasteiger partial charge in [-0.25, -0.2) is 0 Å². The molecular weight excluding hydrogens is 192 g/mol. The Kier molecular flexibility index (Phi) is 3.06. The van der Waals surface area contributed by atoms with Gasteiger partial charge in [-0.2, -0.15) is 0 Å². The molecule has 0 heterocycles. The summed E-state index contributed by atoms with van der Waals surface area (Å²) in [7, 11) is 1.63. The third kappa shape index (κ3) is 1.81. The monoisotopic (exact) mass is 214 g/mol. The first-order valence-electron chi connectivity index (χ1n) is 5.82. The lowest BCUT2D eigenvalue weighted by Crippen LogP contribution is -2.58. The highest BCUT2D eigenvalue weighted by Crippen LogP contribution is 2.61. The lowest BCUT2D eigenvalue weighted by atomic mass is 9.45. The summed E-state index contributed by atoms with van der Waals surface area (Å²) in [6.07, 6.45) is 2.05. The average Bonchev–Trinajstić information content (AvgIpc) is 2.20. The van der Waals surface area contributed by atoms with Gasteiger partial charge in [-0.15, -0.1) is 0 Å². The Bertz CT molecular complexity index is 227. The predicted molar refractivity (Wildman–Crippen MR) is 57.3 cm³/mol. The van der Waals surface area contributed by atoms with Gasteiger partial charge in [-0.1, -0.05) is 13.8 Å². The largest absolute Gasteiger partial charge is 0.393 e. The number of hydrogen-bond acceptors (Lipinski definition) is 3. The Morgan fingerprint density at radius 3 is 2.67 bits per heavy atom. The molecular formula is C12H22O3. The molecule has 2 bridgehead atoms. The van der Waals surface area contributed by atoms with Crippen LogP contribution in [0.1, 0.15) is 26.7 Å². The highest BCUT2D eigenvalue weighted by atomic mass is 16.7. The number of hydrogen-bond donors (Lipinski definition) is 1. The minimum atomic E-state index is -0.168. The second-order valence-electron chi connectivity index (χ2n) is 5.60. The van der Waals surface area contributed by atoms with Gasteiger partial charge in [-0.3, -0.25) is 0 Å². The third-order valence-corrected chi connectivity index (χ3v) is 4.59. The van der Waals surface area contributed by atoms with Crippen LogP contribution in [-0.4, -0.2) is 31.7 Å². The summed E-state index contributed by atoms with van der Waals surface area (Å²) in [6.45, 7) is 5.61. The van der Waals surface area contributed by atoms with Crippen LogP contribution in [0.25, 0.3) is 0 Å². The van der Waals surface area contributed by atoms with Gasteiger partial charge in [0.05, 0.1) is 12.7 Å². The molecule has 15 heavy (non-hydrogen) atoms. The van der Waals surface area contributed by atoms with Gasteiger partial charge in [0.25, 0.3) is 0 Å². The summed E-state index contributed by atoms with van der Waals surface area (Å²) in [6, 6.07) is 0. The molecule has 0 unspecified atom stereocenters. The fourth-order valence-corrected chi connectivity index (χ4v) is 3.41. The first kappa shape index (κ1) is 11.4. The molecule has 4 atom stereocenters. The summed E-state index contributed by atoms with van der Waals surface area (Å²) < 4.78 is 10.3. The van der Waals surface area contributed by atoms with E-state index in [0.29, 0.717) is 30.7 Å². The normalized spacial score (nSPS) is 42.4. The molecule has 3 aliphatic carbocycles. The fraction of sp³-hybridized carbons (Fsp3) is 1.00. The quantitative estimate of drug-likeness (QED) is 0.571. The zero-order chi connectivity index (χ0) is 11.1. The van der Waals surface area contributed by atoms with Gasteiger partial charge in [-0.05, 0) is 30.1 Å². The van der Waals surface area contributed by atoms with Gasteiger partial charge < -0.3 is 14.6 Å². The molecule has 0 aromatic rings. The molecule has 3 heteroatoms. The molecule has 3 nitrogen and oxygen atoms in total. The molecule has 0 radical (unpaired) electrons. The zero-order valence-electron chi connectivity index (χ0n) is 9.90. The molecule has 3 saturated carbocycles. The molecule has 0 amide bonds. The van der Waals surface area contributed by atoms with Crippen LogP contribution in [0.3, 0.4) is 0 Å². The van der Waals surface area contributed by atoms with Crippen molar-refractivity contribution in [1.29, 1.82) is 0 Å². The predicted octanol–water partition coefficient (Wildman–Crippen LogP) is 1.65. The van der Waals surface area contributed by atoms with E-state index in [2.05, 4.69) is 13.8 Å². The van der Waals surface area contributed by atoms with E-state index >= 15 is 0 Å². The summed E-state index contributed by atoms with van der Waals surface area (Å²) in [5.74, 6) is 1.65. The van der Waals surface area contributed by atoms with Crippen molar-refractivity contribution < 1.29 is 14.6 Å². The Balaban J connectivity index is 1.91. The highest BCUT2D eigenvalue weighted by molar-refractivity contribution is 5.06. The van der Waals surface area contributed by atoms with Crippen LogP contribution >= 0.6 is 0 Å². The topological polar surface area (TPSA) is 38.7 Å². The standard InChI is InChI=1S/C12H22O3/c1-12(2)8-4-10(12)9(11(13)5-8)6-15-7-14-3/h8-11,13H,4-7H2,1-3H3/t8-,9-,10+,11-/m1/s1. The van der Waals surface area contributed by atoms with Gasteiger partial charge in [0.1, 0.15) is 6.79 Å². The lowest BCUT2D eigenvalue weighted by molar-refractivity contribution is -0.185. The molecule has 3 rings (SSSR count). The lowest BCUT2D eigenvalue weighted by Gasteiger charge is -2.61. The summed E-state index contributed by atoms with van der Waals surface area (Å²) in [5.41, 5.74) is 0.403. The van der Waals surface area contributed by atoms with E-state index in [1.54, 1.807) is 7.11 Å². The average molecular weight is 214 g/mol. The smallest absolute Gasteiger partial charge is 0.146 e. The minimum Gasteiger partial charge on any atom is -0.393 e. The van der Waals surface area contributed by atoms with Crippen molar-refractivity contribution in [1.82, 2.24) is 0 Å². The first-order valence-corrected chi connectivity index (χ1v) is 5.82. The van der Waals surface area contributed by atoms with Crippen molar-refractivity contribution in [3.05, 3.63) is 0 Å². The number of fused-ring (bicyclic) bond motifs is 2. The summed E-state index contributed by atoms with van der Waals surface area (Å²) in [4.78, 5) is 0. The number of rotatable bonds is 4. The molecule has 88 valence electrons. The second kappa shape index (κ2) is 4.04. The minimum absolute atomic E-state index is 0.168. The van der Waals surface area contributed by atoms with Crippen molar-refractivity contribution in [3.8, 4) is 0 Å². The van der Waals surface area contributed by atoms with Gasteiger partial charge >= 0.3 is 0 Å². The van der Waals surface area contributed by atoms with Gasteiger partial charge in [0.2, 0.25) is 0 Å². The van der Waals surface area contributed by atoms with Crippen LogP contribution < -0.4 is 0 Å². The molecule has 1 N–H and O–H groups in total. The fourth-order valence-electron chi connectivity index (χ4n) is 3.41. The van der Waals surface area contributed by atoms with Crippen LogP contribution in [0.15, 0.2) is 0 Å². The van der Waals surface area contributed by atoms with E-state index in [1.165, 1.54) is 6.42 Å². The molecule has 3 fully saturated rings. The molecule has 3 aliphatic rings. The Labute approximate surface area is 91.8 Å². The van der Waals surface area contributed by atoms with Crippen LogP contribution in [0.2, 0.25) is 0 Å². The van der Waals surface area contributed by atoms with E-state index in [-0.39, 0.29) is 6.10 Å². The SMILES string of the molecule is COCOC[C@H]1[C@H](O)C[C@H]2C[C@@H]1C2(C)C. The van der Waals surface area contributed by atoms with Gasteiger partial charge in [0, 0.05) is 13.0 Å². The summed E-state index contributed by atoms with van der Waals surface area (Å²) >= 11 is 0. The van der Waals surface area contributed by atoms with Crippen LogP contribution in [-0.2, 0) is 9.47 Å². The summed E-state index contributed by atoms with van der Waals surface area (Å²) in [5, 5.41) is 9.98. The van der Waals surface area contributed by atoms with Crippen LogP contribution in [0, 0.1) is 23.2 Å². The van der Waals surface area contributed by atoms with E-state index in [4.69, 9.17) is 9.47 Å². The second-order valence-corrected chi connectivity index (χ2v) is 5.60. The molecule has 0 aliphatic heterocycles. The number of aliphatic hydroxyl groups is 1. The van der Waals surface area contributed by atoms with Crippen LogP contribution in [0.5, 0.6) is 0 Å². The third-order valence-electron chi connectivity index (χ3n) is 4.59. The molecule has 0 aromatic carbocycles. The van der Waals surface area contributed by atoms with Crippen molar-refractivity contribution in [3.63, 3.8) is 0 Å². The van der Waals surface area contributed by atoms with E-state index in [1.807, 2.05) is 0 Å². The van der Waals surface area contributed by atoms with Crippen molar-refractivity contribution in [2.75, 3.05) is 20.5 Å². The highest BCUT2D eigenvalue weighted by Gasteiger charge is 2.57. The molecule has 0 saturated heterocycles. The van der Waals surface area contributed by atoms with Crippen LogP contribution in [0.4, 0.5) is 0 Å². The number of aliphatic hydroxyl groups excluding tert-OH is 1. The maximum atomic E-state index is 9.98.